The zero-order chi connectivity index (χ0) is 12.8. The molecule has 2 aliphatic carbocycles. The molecular formula is C17H28O. The molecule has 0 aromatic carbocycles. The lowest BCUT2D eigenvalue weighted by molar-refractivity contribution is -0.118. The van der Waals surface area contributed by atoms with Gasteiger partial charge in [-0.15, -0.1) is 0 Å². The summed E-state index contributed by atoms with van der Waals surface area (Å²) >= 11 is 0. The van der Waals surface area contributed by atoms with Gasteiger partial charge in [0.15, 0.2) is 5.78 Å². The Bertz CT molecular complexity index is 303. The molecule has 0 aromatic heterocycles. The third-order valence-electron chi connectivity index (χ3n) is 4.83. The number of carbonyl (C=O) groups excluding carboxylic acids is 1. The van der Waals surface area contributed by atoms with Crippen molar-refractivity contribution in [2.45, 2.75) is 77.6 Å². The first-order chi connectivity index (χ1) is 8.83. The summed E-state index contributed by atoms with van der Waals surface area (Å²) in [5, 5.41) is 0. The van der Waals surface area contributed by atoms with Gasteiger partial charge in [-0.2, -0.15) is 0 Å². The fourth-order valence-corrected chi connectivity index (χ4v) is 3.74. The van der Waals surface area contributed by atoms with Crippen LogP contribution < -0.4 is 0 Å². The van der Waals surface area contributed by atoms with Crippen LogP contribution in [0.1, 0.15) is 77.6 Å². The van der Waals surface area contributed by atoms with Gasteiger partial charge in [0, 0.05) is 5.92 Å². The lowest BCUT2D eigenvalue weighted by Crippen LogP contribution is -2.16. The van der Waals surface area contributed by atoms with Gasteiger partial charge in [0.1, 0.15) is 0 Å². The first kappa shape index (κ1) is 13.8. The molecule has 0 N–H and O–H groups in total. The third kappa shape index (κ3) is 3.46. The molecule has 0 radical (unpaired) electrons. The first-order valence-corrected chi connectivity index (χ1v) is 8.07. The van der Waals surface area contributed by atoms with Gasteiger partial charge in [-0.1, -0.05) is 57.4 Å². The molecule has 2 atom stereocenters. The van der Waals surface area contributed by atoms with Crippen molar-refractivity contribution in [1.29, 1.82) is 0 Å². The normalized spacial score (nSPS) is 31.2. The minimum Gasteiger partial charge on any atom is -0.295 e. The van der Waals surface area contributed by atoms with Crippen LogP contribution in [0.15, 0.2) is 11.6 Å². The van der Waals surface area contributed by atoms with E-state index in [1.807, 2.05) is 6.08 Å². The van der Waals surface area contributed by atoms with Crippen LogP contribution in [0.5, 0.6) is 0 Å². The number of hydrogen-bond donors (Lipinski definition) is 0. The molecule has 1 saturated carbocycles. The molecule has 1 nitrogen and oxygen atoms in total. The Morgan fingerprint density at radius 2 is 1.61 bits per heavy atom. The van der Waals surface area contributed by atoms with E-state index >= 15 is 0 Å². The molecule has 0 bridgehead atoms. The highest BCUT2D eigenvalue weighted by Crippen LogP contribution is 2.38. The third-order valence-corrected chi connectivity index (χ3v) is 4.83. The SMILES string of the molecule is CCC1C(=O)C=C2CCCCCCCCCCC21. The Balaban J connectivity index is 1.98. The highest BCUT2D eigenvalue weighted by molar-refractivity contribution is 5.95. The van der Waals surface area contributed by atoms with Crippen LogP contribution in [0.4, 0.5) is 0 Å². The maximum Gasteiger partial charge on any atom is 0.159 e. The lowest BCUT2D eigenvalue weighted by atomic mass is 9.82. The number of ketones is 1. The fourth-order valence-electron chi connectivity index (χ4n) is 3.74. The number of allylic oxidation sites excluding steroid dienone is 2. The van der Waals surface area contributed by atoms with Crippen LogP contribution in [0, 0.1) is 11.8 Å². The van der Waals surface area contributed by atoms with Gasteiger partial charge in [-0.05, 0) is 37.7 Å². The van der Waals surface area contributed by atoms with Crippen molar-refractivity contribution in [3.8, 4) is 0 Å². The van der Waals surface area contributed by atoms with Crippen molar-refractivity contribution in [3.05, 3.63) is 11.6 Å². The molecule has 2 unspecified atom stereocenters. The van der Waals surface area contributed by atoms with Crippen molar-refractivity contribution in [3.63, 3.8) is 0 Å². The quantitative estimate of drug-likeness (QED) is 0.634. The second-order valence-corrected chi connectivity index (χ2v) is 6.11. The van der Waals surface area contributed by atoms with Crippen molar-refractivity contribution in [1.82, 2.24) is 0 Å². The average molecular weight is 248 g/mol. The molecule has 0 saturated heterocycles. The van der Waals surface area contributed by atoms with Gasteiger partial charge in [-0.25, -0.2) is 0 Å². The summed E-state index contributed by atoms with van der Waals surface area (Å²) in [5.74, 6) is 1.34. The van der Waals surface area contributed by atoms with Crippen LogP contribution >= 0.6 is 0 Å². The summed E-state index contributed by atoms with van der Waals surface area (Å²) in [4.78, 5) is 12.0. The van der Waals surface area contributed by atoms with Crippen LogP contribution in [-0.4, -0.2) is 5.78 Å². The van der Waals surface area contributed by atoms with Gasteiger partial charge < -0.3 is 0 Å². The van der Waals surface area contributed by atoms with Crippen molar-refractivity contribution in [2.24, 2.45) is 11.8 Å². The summed E-state index contributed by atoms with van der Waals surface area (Å²) in [6, 6.07) is 0. The molecule has 0 aliphatic heterocycles. The maximum atomic E-state index is 12.0. The second-order valence-electron chi connectivity index (χ2n) is 6.11. The number of fused-ring (bicyclic) bond motifs is 1. The van der Waals surface area contributed by atoms with Crippen LogP contribution in [0.2, 0.25) is 0 Å². The van der Waals surface area contributed by atoms with E-state index in [4.69, 9.17) is 0 Å². The van der Waals surface area contributed by atoms with Crippen LogP contribution in [0.3, 0.4) is 0 Å². The lowest BCUT2D eigenvalue weighted by Gasteiger charge is -2.21. The first-order valence-electron chi connectivity index (χ1n) is 8.07. The van der Waals surface area contributed by atoms with Crippen LogP contribution in [-0.2, 0) is 4.79 Å². The summed E-state index contributed by atoms with van der Waals surface area (Å²) in [6.45, 7) is 2.18. The number of carbonyl (C=O) groups is 1. The molecular weight excluding hydrogens is 220 g/mol. The molecule has 18 heavy (non-hydrogen) atoms. The topological polar surface area (TPSA) is 17.1 Å². The van der Waals surface area contributed by atoms with Gasteiger partial charge in [0.05, 0.1) is 0 Å². The Kier molecular flexibility index (Phi) is 5.46. The van der Waals surface area contributed by atoms with E-state index in [9.17, 15) is 4.79 Å². The zero-order valence-electron chi connectivity index (χ0n) is 11.9. The Morgan fingerprint density at radius 3 is 2.28 bits per heavy atom. The van der Waals surface area contributed by atoms with E-state index < -0.39 is 0 Å². The van der Waals surface area contributed by atoms with Crippen LogP contribution in [0.25, 0.3) is 0 Å². The van der Waals surface area contributed by atoms with Crippen molar-refractivity contribution < 1.29 is 4.79 Å². The molecule has 0 aromatic rings. The van der Waals surface area contributed by atoms with E-state index in [2.05, 4.69) is 6.92 Å². The smallest absolute Gasteiger partial charge is 0.159 e. The van der Waals surface area contributed by atoms with Gasteiger partial charge in [0.2, 0.25) is 0 Å². The molecule has 102 valence electrons. The fraction of sp³-hybridized carbons (Fsp3) is 0.824. The largest absolute Gasteiger partial charge is 0.295 e. The highest BCUT2D eigenvalue weighted by atomic mass is 16.1. The van der Waals surface area contributed by atoms with Crippen molar-refractivity contribution >= 4 is 5.78 Å². The van der Waals surface area contributed by atoms with E-state index in [-0.39, 0.29) is 0 Å². The molecule has 0 heterocycles. The van der Waals surface area contributed by atoms with Gasteiger partial charge in [-0.3, -0.25) is 4.79 Å². The highest BCUT2D eigenvalue weighted by Gasteiger charge is 2.33. The summed E-state index contributed by atoms with van der Waals surface area (Å²) < 4.78 is 0. The van der Waals surface area contributed by atoms with E-state index in [1.165, 1.54) is 69.8 Å². The molecule has 2 rings (SSSR count). The minimum absolute atomic E-state index is 0.322. The minimum atomic E-state index is 0.322. The standard InChI is InChI=1S/C17H28O/c1-2-15-16-12-10-8-6-4-3-5-7-9-11-14(16)13-17(15)18/h13,15-16H,2-12H2,1H3. The predicted molar refractivity (Wildman–Crippen MR) is 76.5 cm³/mol. The number of rotatable bonds is 1. The zero-order valence-corrected chi connectivity index (χ0v) is 11.9. The van der Waals surface area contributed by atoms with Gasteiger partial charge >= 0.3 is 0 Å². The monoisotopic (exact) mass is 248 g/mol. The molecule has 0 spiro atoms. The summed E-state index contributed by atoms with van der Waals surface area (Å²) in [7, 11) is 0. The maximum absolute atomic E-state index is 12.0. The van der Waals surface area contributed by atoms with E-state index in [0.29, 0.717) is 17.6 Å². The Hall–Kier alpha value is -0.590. The second kappa shape index (κ2) is 7.11. The number of hydrogen-bond acceptors (Lipinski definition) is 1. The van der Waals surface area contributed by atoms with Crippen molar-refractivity contribution in [2.75, 3.05) is 0 Å². The summed E-state index contributed by atoms with van der Waals surface area (Å²) in [5.41, 5.74) is 1.49. The summed E-state index contributed by atoms with van der Waals surface area (Å²) in [6.07, 6.45) is 16.5. The predicted octanol–water partition coefficient (Wildman–Crippen LogP) is 5.05. The average Bonchev–Trinajstić information content (AvgIpc) is 2.65. The Labute approximate surface area is 112 Å². The molecule has 1 fully saturated rings. The van der Waals surface area contributed by atoms with E-state index in [1.54, 1.807) is 0 Å². The Morgan fingerprint density at radius 1 is 1.00 bits per heavy atom. The molecule has 1 heteroatoms. The molecule has 0 amide bonds. The van der Waals surface area contributed by atoms with Gasteiger partial charge in [0.25, 0.3) is 0 Å². The van der Waals surface area contributed by atoms with E-state index in [0.717, 1.165) is 6.42 Å². The molecule has 2 aliphatic rings.